The van der Waals surface area contributed by atoms with Crippen LogP contribution in [0.5, 0.6) is 0 Å². The molecular formula is C19H27Cl2N5O2. The zero-order valence-corrected chi connectivity index (χ0v) is 17.3. The number of amides is 1. The summed E-state index contributed by atoms with van der Waals surface area (Å²) in [5.41, 5.74) is 0.777. The lowest BCUT2D eigenvalue weighted by atomic mass is 9.93. The standard InChI is InChI=1S/C19H25N5O2.2ClH/c20-12-17-5-3-11-24(17)19(25)14-22-15-6-8-18(9-7-15)26-23-13-16-4-1-2-10-21-16;;/h1-2,4,10,13,15,17-18,22H,3,5-9,11,14H2;2*1H/t15-,17-,18-;;/m0../s1. The molecule has 0 aromatic carbocycles. The van der Waals surface area contributed by atoms with Gasteiger partial charge in [0.15, 0.2) is 0 Å². The number of rotatable bonds is 6. The van der Waals surface area contributed by atoms with Crippen molar-refractivity contribution in [3.05, 3.63) is 30.1 Å². The molecule has 1 aliphatic carbocycles. The highest BCUT2D eigenvalue weighted by molar-refractivity contribution is 5.85. The second-order valence-corrected chi connectivity index (χ2v) is 6.82. The summed E-state index contributed by atoms with van der Waals surface area (Å²) < 4.78 is 0. The molecule has 2 heterocycles. The van der Waals surface area contributed by atoms with Gasteiger partial charge in [-0.3, -0.25) is 9.78 Å². The zero-order valence-electron chi connectivity index (χ0n) is 15.7. The lowest BCUT2D eigenvalue weighted by molar-refractivity contribution is -0.130. The van der Waals surface area contributed by atoms with Crippen molar-refractivity contribution in [2.75, 3.05) is 13.1 Å². The van der Waals surface area contributed by atoms with Gasteiger partial charge < -0.3 is 15.1 Å². The molecule has 1 saturated heterocycles. The average molecular weight is 428 g/mol. The van der Waals surface area contributed by atoms with E-state index < -0.39 is 0 Å². The van der Waals surface area contributed by atoms with Gasteiger partial charge in [0.2, 0.25) is 5.91 Å². The van der Waals surface area contributed by atoms with E-state index in [0.717, 1.165) is 44.2 Å². The average Bonchev–Trinajstić information content (AvgIpc) is 3.17. The number of oxime groups is 1. The van der Waals surface area contributed by atoms with Gasteiger partial charge in [0, 0.05) is 18.8 Å². The third-order valence-electron chi connectivity index (χ3n) is 5.02. The van der Waals surface area contributed by atoms with Gasteiger partial charge in [0.1, 0.15) is 12.1 Å². The number of hydrogen-bond donors (Lipinski definition) is 1. The number of nitrogens with one attached hydrogen (secondary N) is 1. The molecule has 3 rings (SSSR count). The summed E-state index contributed by atoms with van der Waals surface area (Å²) in [4.78, 5) is 23.7. The van der Waals surface area contributed by atoms with Crippen LogP contribution in [-0.2, 0) is 9.63 Å². The van der Waals surface area contributed by atoms with Gasteiger partial charge in [-0.05, 0) is 50.7 Å². The molecule has 1 atom stereocenters. The number of hydrogen-bond acceptors (Lipinski definition) is 6. The molecule has 0 unspecified atom stereocenters. The van der Waals surface area contributed by atoms with E-state index in [1.165, 1.54) is 0 Å². The SMILES string of the molecule is Cl.Cl.N#C[C@@H]1CCCN1C(=O)CN[C@H]1CC[C@H](ON=Cc2ccccn2)CC1. The van der Waals surface area contributed by atoms with Crippen molar-refractivity contribution in [3.8, 4) is 6.07 Å². The van der Waals surface area contributed by atoms with Crippen LogP contribution in [0.2, 0.25) is 0 Å². The lowest BCUT2D eigenvalue weighted by Crippen LogP contribution is -2.44. The fraction of sp³-hybridized carbons (Fsp3) is 0.579. The largest absolute Gasteiger partial charge is 0.392 e. The highest BCUT2D eigenvalue weighted by Gasteiger charge is 2.29. The lowest BCUT2D eigenvalue weighted by Gasteiger charge is -2.28. The van der Waals surface area contributed by atoms with E-state index in [4.69, 9.17) is 10.1 Å². The predicted octanol–water partition coefficient (Wildman–Crippen LogP) is 2.69. The summed E-state index contributed by atoms with van der Waals surface area (Å²) in [6.07, 6.45) is 8.93. The van der Waals surface area contributed by atoms with Crippen LogP contribution in [0.4, 0.5) is 0 Å². The van der Waals surface area contributed by atoms with E-state index in [9.17, 15) is 4.79 Å². The smallest absolute Gasteiger partial charge is 0.237 e. The maximum atomic E-state index is 12.3. The van der Waals surface area contributed by atoms with Crippen LogP contribution >= 0.6 is 24.8 Å². The molecular weight excluding hydrogens is 401 g/mol. The van der Waals surface area contributed by atoms with Gasteiger partial charge in [0.25, 0.3) is 0 Å². The van der Waals surface area contributed by atoms with E-state index >= 15 is 0 Å². The fourth-order valence-electron chi connectivity index (χ4n) is 3.53. The first-order chi connectivity index (χ1) is 12.8. The van der Waals surface area contributed by atoms with E-state index in [1.54, 1.807) is 17.3 Å². The van der Waals surface area contributed by atoms with Gasteiger partial charge in [-0.15, -0.1) is 24.8 Å². The summed E-state index contributed by atoms with van der Waals surface area (Å²) in [7, 11) is 0. The van der Waals surface area contributed by atoms with Crippen molar-refractivity contribution in [2.24, 2.45) is 5.16 Å². The number of pyridine rings is 1. The number of carbonyl (C=O) groups excluding carboxylic acids is 1. The van der Waals surface area contributed by atoms with Gasteiger partial charge in [-0.1, -0.05) is 11.2 Å². The van der Waals surface area contributed by atoms with Crippen LogP contribution in [0.1, 0.15) is 44.2 Å². The molecule has 2 aliphatic rings. The Morgan fingerprint density at radius 3 is 2.79 bits per heavy atom. The second-order valence-electron chi connectivity index (χ2n) is 6.82. The van der Waals surface area contributed by atoms with Crippen LogP contribution in [0.25, 0.3) is 0 Å². The van der Waals surface area contributed by atoms with Crippen LogP contribution in [0.3, 0.4) is 0 Å². The van der Waals surface area contributed by atoms with Gasteiger partial charge in [0.05, 0.1) is 24.5 Å². The molecule has 1 N–H and O–H groups in total. The van der Waals surface area contributed by atoms with Crippen molar-refractivity contribution in [2.45, 2.75) is 56.7 Å². The second kappa shape index (κ2) is 12.6. The Balaban J connectivity index is 0.00000196. The van der Waals surface area contributed by atoms with Gasteiger partial charge in [-0.2, -0.15) is 5.26 Å². The number of carbonyl (C=O) groups is 1. The Morgan fingerprint density at radius 2 is 2.11 bits per heavy atom. The molecule has 0 radical (unpaired) electrons. The van der Waals surface area contributed by atoms with Gasteiger partial charge in [-0.25, -0.2) is 0 Å². The summed E-state index contributed by atoms with van der Waals surface area (Å²) >= 11 is 0. The first-order valence-corrected chi connectivity index (χ1v) is 9.29. The van der Waals surface area contributed by atoms with Crippen LogP contribution in [0.15, 0.2) is 29.6 Å². The van der Waals surface area contributed by atoms with E-state index in [2.05, 4.69) is 21.5 Å². The summed E-state index contributed by atoms with van der Waals surface area (Å²) in [6, 6.07) is 7.94. The molecule has 1 amide bonds. The molecule has 0 spiro atoms. The number of nitrogens with zero attached hydrogens (tertiary/aromatic N) is 4. The predicted molar refractivity (Wildman–Crippen MR) is 112 cm³/mol. The van der Waals surface area contributed by atoms with Crippen molar-refractivity contribution in [1.29, 1.82) is 5.26 Å². The zero-order chi connectivity index (χ0) is 18.2. The minimum atomic E-state index is -0.245. The number of likely N-dealkylation sites (tertiary alicyclic amines) is 1. The molecule has 9 heteroatoms. The molecule has 2 fully saturated rings. The summed E-state index contributed by atoms with van der Waals surface area (Å²) in [5.74, 6) is 0.0346. The Hall–Kier alpha value is -1.88. The van der Waals surface area contributed by atoms with Gasteiger partial charge >= 0.3 is 0 Å². The molecule has 1 aliphatic heterocycles. The Labute approximate surface area is 178 Å². The number of nitriles is 1. The van der Waals surface area contributed by atoms with Crippen LogP contribution in [0, 0.1) is 11.3 Å². The maximum absolute atomic E-state index is 12.3. The third kappa shape index (κ3) is 6.93. The number of halogens is 2. The maximum Gasteiger partial charge on any atom is 0.237 e. The van der Waals surface area contributed by atoms with E-state index in [0.29, 0.717) is 19.1 Å². The first kappa shape index (κ1) is 24.2. The van der Waals surface area contributed by atoms with E-state index in [-0.39, 0.29) is 42.9 Å². The normalized spacial score (nSPS) is 24.1. The monoisotopic (exact) mass is 427 g/mol. The molecule has 1 aromatic rings. The van der Waals surface area contributed by atoms with Crippen molar-refractivity contribution < 1.29 is 9.63 Å². The number of aromatic nitrogens is 1. The minimum absolute atomic E-state index is 0. The quantitative estimate of drug-likeness (QED) is 0.556. The minimum Gasteiger partial charge on any atom is -0.392 e. The highest BCUT2D eigenvalue weighted by Crippen LogP contribution is 2.22. The molecule has 1 aromatic heterocycles. The van der Waals surface area contributed by atoms with Crippen molar-refractivity contribution >= 4 is 36.9 Å². The molecule has 0 bridgehead atoms. The highest BCUT2D eigenvalue weighted by atomic mass is 35.5. The van der Waals surface area contributed by atoms with Crippen molar-refractivity contribution in [3.63, 3.8) is 0 Å². The summed E-state index contributed by atoms with van der Waals surface area (Å²) in [5, 5.41) is 16.5. The fourth-order valence-corrected chi connectivity index (χ4v) is 3.53. The van der Waals surface area contributed by atoms with Crippen molar-refractivity contribution in [1.82, 2.24) is 15.2 Å². The Kier molecular flexibility index (Phi) is 10.8. The van der Waals surface area contributed by atoms with Crippen LogP contribution in [-0.4, -0.2) is 53.3 Å². The molecule has 154 valence electrons. The topological polar surface area (TPSA) is 90.6 Å². The Morgan fingerprint density at radius 1 is 1.32 bits per heavy atom. The Bertz CT molecular complexity index is 660. The summed E-state index contributed by atoms with van der Waals surface area (Å²) in [6.45, 7) is 1.01. The molecule has 7 nitrogen and oxygen atoms in total. The third-order valence-corrected chi connectivity index (χ3v) is 5.02. The first-order valence-electron chi connectivity index (χ1n) is 9.29. The molecule has 28 heavy (non-hydrogen) atoms. The van der Waals surface area contributed by atoms with E-state index in [1.807, 2.05) is 18.2 Å². The van der Waals surface area contributed by atoms with Crippen LogP contribution < -0.4 is 5.32 Å². The molecule has 1 saturated carbocycles.